The van der Waals surface area contributed by atoms with Crippen molar-refractivity contribution in [3.05, 3.63) is 89.1 Å². The molecule has 2 aromatic carbocycles. The van der Waals surface area contributed by atoms with Crippen LogP contribution in [0.5, 0.6) is 0 Å². The Morgan fingerprint density at radius 3 is 2.63 bits per heavy atom. The van der Waals surface area contributed by atoms with E-state index in [0.29, 0.717) is 12.2 Å². The molecule has 38 heavy (non-hydrogen) atoms. The van der Waals surface area contributed by atoms with Crippen LogP contribution >= 0.6 is 0 Å². The first-order valence-corrected chi connectivity index (χ1v) is 13.2. The van der Waals surface area contributed by atoms with Crippen molar-refractivity contribution in [3.63, 3.8) is 0 Å². The molecule has 1 fully saturated rings. The van der Waals surface area contributed by atoms with Crippen molar-refractivity contribution in [2.45, 2.75) is 51.5 Å². The van der Waals surface area contributed by atoms with E-state index < -0.39 is 12.0 Å². The van der Waals surface area contributed by atoms with Crippen LogP contribution in [0.25, 0.3) is 10.9 Å². The third kappa shape index (κ3) is 5.85. The summed E-state index contributed by atoms with van der Waals surface area (Å²) in [5, 5.41) is 13.2. The molecule has 1 saturated heterocycles. The molecule has 0 aliphatic carbocycles. The molecule has 5 rings (SSSR count). The maximum absolute atomic E-state index is 13.4. The molecule has 0 saturated carbocycles. The number of aromatic amines is 1. The minimum absolute atomic E-state index is 0.0618. The summed E-state index contributed by atoms with van der Waals surface area (Å²) in [6.45, 7) is 4.08. The number of hydrogen-bond donors (Lipinski definition) is 3. The maximum atomic E-state index is 13.4. The lowest BCUT2D eigenvalue weighted by molar-refractivity contribution is -0.137. The average Bonchev–Trinajstić information content (AvgIpc) is 3.34. The molecule has 1 amide bonds. The minimum Gasteiger partial charge on any atom is -0.481 e. The van der Waals surface area contributed by atoms with Crippen LogP contribution in [-0.4, -0.2) is 45.0 Å². The molecular weight excluding hydrogens is 478 g/mol. The number of fused-ring (bicyclic) bond motifs is 1. The Morgan fingerprint density at radius 1 is 1.08 bits per heavy atom. The molecule has 3 heterocycles. The number of carbonyl (C=O) groups excluding carboxylic acids is 1. The number of piperidine rings is 1. The summed E-state index contributed by atoms with van der Waals surface area (Å²) in [4.78, 5) is 39.1. The zero-order chi connectivity index (χ0) is 26.5. The van der Waals surface area contributed by atoms with Gasteiger partial charge in [-0.05, 0) is 73.6 Å². The third-order valence-electron chi connectivity index (χ3n) is 7.15. The number of aliphatic carboxylic acids is 1. The number of aromatic nitrogens is 3. The predicted molar refractivity (Wildman–Crippen MR) is 147 cm³/mol. The minimum atomic E-state index is -0.830. The van der Waals surface area contributed by atoms with E-state index in [9.17, 15) is 9.59 Å². The van der Waals surface area contributed by atoms with Gasteiger partial charge in [0, 0.05) is 60.3 Å². The number of carboxylic acid groups (broad SMARTS) is 1. The van der Waals surface area contributed by atoms with Gasteiger partial charge in [0.25, 0.3) is 0 Å². The molecule has 196 valence electrons. The number of anilines is 1. The van der Waals surface area contributed by atoms with Gasteiger partial charge in [0.15, 0.2) is 5.82 Å². The molecule has 8 heteroatoms. The number of aryl methyl sites for hydroxylation is 2. The molecule has 1 aliphatic heterocycles. The number of nitrogens with one attached hydrogen (secondary N) is 2. The third-order valence-corrected chi connectivity index (χ3v) is 7.15. The second-order valence-corrected chi connectivity index (χ2v) is 9.98. The molecule has 4 aromatic rings. The van der Waals surface area contributed by atoms with Gasteiger partial charge in [0.05, 0.1) is 6.42 Å². The summed E-state index contributed by atoms with van der Waals surface area (Å²) in [6.07, 6.45) is 9.49. The summed E-state index contributed by atoms with van der Waals surface area (Å²) in [5.74, 6) is -0.404. The molecule has 1 aliphatic rings. The normalized spacial score (nSPS) is 14.4. The topological polar surface area (TPSA) is 111 Å². The number of carboxylic acids is 1. The number of benzene rings is 2. The van der Waals surface area contributed by atoms with Crippen LogP contribution in [0.2, 0.25) is 0 Å². The van der Waals surface area contributed by atoms with E-state index in [2.05, 4.69) is 50.3 Å². The van der Waals surface area contributed by atoms with E-state index in [1.165, 1.54) is 12.0 Å². The Hall–Kier alpha value is -4.20. The highest BCUT2D eigenvalue weighted by Crippen LogP contribution is 2.32. The van der Waals surface area contributed by atoms with E-state index >= 15 is 0 Å². The fourth-order valence-electron chi connectivity index (χ4n) is 5.23. The van der Waals surface area contributed by atoms with Crippen LogP contribution in [0.3, 0.4) is 0 Å². The molecule has 2 aromatic heterocycles. The van der Waals surface area contributed by atoms with E-state index in [1.54, 1.807) is 18.5 Å². The fraction of sp³-hybridized carbons (Fsp3) is 0.333. The second-order valence-electron chi connectivity index (χ2n) is 9.98. The Kier molecular flexibility index (Phi) is 7.67. The highest BCUT2D eigenvalue weighted by molar-refractivity contribution is 5.86. The number of hydrogen-bond acceptors (Lipinski definition) is 5. The Morgan fingerprint density at radius 2 is 1.87 bits per heavy atom. The van der Waals surface area contributed by atoms with Crippen molar-refractivity contribution in [1.29, 1.82) is 0 Å². The summed E-state index contributed by atoms with van der Waals surface area (Å²) in [6, 6.07) is 13.5. The largest absolute Gasteiger partial charge is 0.481 e. The van der Waals surface area contributed by atoms with Crippen molar-refractivity contribution in [3.8, 4) is 0 Å². The zero-order valence-corrected chi connectivity index (χ0v) is 21.6. The van der Waals surface area contributed by atoms with Crippen molar-refractivity contribution < 1.29 is 14.7 Å². The fourth-order valence-corrected chi connectivity index (χ4v) is 5.23. The van der Waals surface area contributed by atoms with Gasteiger partial charge in [-0.2, -0.15) is 0 Å². The smallest absolute Gasteiger partial charge is 0.303 e. The van der Waals surface area contributed by atoms with Gasteiger partial charge in [-0.15, -0.1) is 0 Å². The molecule has 1 unspecified atom stereocenters. The van der Waals surface area contributed by atoms with E-state index in [4.69, 9.17) is 5.11 Å². The summed E-state index contributed by atoms with van der Waals surface area (Å²) >= 11 is 0. The second kappa shape index (κ2) is 11.5. The molecule has 0 spiro atoms. The number of amides is 1. The summed E-state index contributed by atoms with van der Waals surface area (Å²) in [5.41, 5.74) is 6.02. The van der Waals surface area contributed by atoms with Gasteiger partial charge < -0.3 is 20.3 Å². The highest BCUT2D eigenvalue weighted by Gasteiger charge is 2.25. The van der Waals surface area contributed by atoms with Crippen molar-refractivity contribution in [1.82, 2.24) is 20.3 Å². The van der Waals surface area contributed by atoms with Gasteiger partial charge in [0.1, 0.15) is 6.04 Å². The van der Waals surface area contributed by atoms with Crippen LogP contribution in [0.4, 0.5) is 5.69 Å². The number of rotatable bonds is 9. The molecular formula is C30H33N5O3. The lowest BCUT2D eigenvalue weighted by atomic mass is 9.98. The Balaban J connectivity index is 1.42. The average molecular weight is 512 g/mol. The molecule has 8 nitrogen and oxygen atoms in total. The number of H-pyrrole nitrogens is 1. The van der Waals surface area contributed by atoms with E-state index in [1.807, 2.05) is 24.4 Å². The molecule has 0 radical (unpaired) electrons. The van der Waals surface area contributed by atoms with Crippen molar-refractivity contribution in [2.75, 3.05) is 18.0 Å². The molecule has 1 atom stereocenters. The maximum Gasteiger partial charge on any atom is 0.303 e. The summed E-state index contributed by atoms with van der Waals surface area (Å²) in [7, 11) is 0. The first-order chi connectivity index (χ1) is 18.5. The van der Waals surface area contributed by atoms with Crippen LogP contribution in [0.15, 0.2) is 61.1 Å². The van der Waals surface area contributed by atoms with Gasteiger partial charge in [-0.25, -0.2) is 9.97 Å². The Bertz CT molecular complexity index is 1430. The highest BCUT2D eigenvalue weighted by atomic mass is 16.4. The molecule has 3 N–H and O–H groups in total. The number of carbonyl (C=O) groups is 2. The van der Waals surface area contributed by atoms with Crippen LogP contribution < -0.4 is 10.2 Å². The van der Waals surface area contributed by atoms with Gasteiger partial charge in [0.2, 0.25) is 5.91 Å². The monoisotopic (exact) mass is 511 g/mol. The van der Waals surface area contributed by atoms with Crippen LogP contribution in [0.1, 0.15) is 59.8 Å². The summed E-state index contributed by atoms with van der Waals surface area (Å²) < 4.78 is 0. The SMILES string of the molecule is Cc1ccc(C(NC(=O)Cc2ccc3[nH]cc(CCC(=O)O)c3c2)c2ncccn2)c(N2CCCCC2)c1. The van der Waals surface area contributed by atoms with Crippen LogP contribution in [0, 0.1) is 6.92 Å². The van der Waals surface area contributed by atoms with Crippen molar-refractivity contribution >= 4 is 28.5 Å². The lowest BCUT2D eigenvalue weighted by Crippen LogP contribution is -2.35. The molecule has 0 bridgehead atoms. The Labute approximate surface area is 222 Å². The lowest BCUT2D eigenvalue weighted by Gasteiger charge is -2.33. The van der Waals surface area contributed by atoms with Gasteiger partial charge in [-0.3, -0.25) is 9.59 Å². The van der Waals surface area contributed by atoms with E-state index in [0.717, 1.165) is 59.2 Å². The van der Waals surface area contributed by atoms with E-state index in [-0.39, 0.29) is 18.7 Å². The van der Waals surface area contributed by atoms with Gasteiger partial charge in [-0.1, -0.05) is 18.2 Å². The standard InChI is InChI=1S/C30H33N5O3/c1-20-6-9-23(26(16-20)35-14-3-2-4-15-35)29(30-31-12-5-13-32-30)34-27(36)18-21-7-10-25-24(17-21)22(19-33-25)8-11-28(37)38/h5-7,9-10,12-13,16-17,19,29,33H,2-4,8,11,14-15,18H2,1H3,(H,34,36)(H,37,38). The van der Waals surface area contributed by atoms with Crippen molar-refractivity contribution in [2.24, 2.45) is 0 Å². The first kappa shape index (κ1) is 25.4. The number of nitrogens with zero attached hydrogens (tertiary/aromatic N) is 3. The van der Waals surface area contributed by atoms with Crippen LogP contribution in [-0.2, 0) is 22.4 Å². The quantitative estimate of drug-likeness (QED) is 0.300. The van der Waals surface area contributed by atoms with Gasteiger partial charge >= 0.3 is 5.97 Å². The first-order valence-electron chi connectivity index (χ1n) is 13.2. The predicted octanol–water partition coefficient (Wildman–Crippen LogP) is 4.72. The zero-order valence-electron chi connectivity index (χ0n) is 21.6.